The smallest absolute Gasteiger partial charge is 0.322 e. The molecule has 2 aliphatic carbocycles. The zero-order valence-corrected chi connectivity index (χ0v) is 39.6. The summed E-state index contributed by atoms with van der Waals surface area (Å²) in [6.45, 7) is 3.12. The van der Waals surface area contributed by atoms with E-state index >= 15 is 0 Å². The number of methoxy groups -OCH3 is 2. The van der Waals surface area contributed by atoms with Crippen LogP contribution in [0.5, 0.6) is 11.5 Å². The predicted octanol–water partition coefficient (Wildman–Crippen LogP) is 13.7. The van der Waals surface area contributed by atoms with Gasteiger partial charge >= 0.3 is 12.1 Å². The lowest BCUT2D eigenvalue weighted by Gasteiger charge is -2.38. The molecular formula is C57H62ClN5O4. The van der Waals surface area contributed by atoms with Gasteiger partial charge in [0.05, 0.1) is 31.9 Å². The van der Waals surface area contributed by atoms with E-state index in [1.54, 1.807) is 38.5 Å². The summed E-state index contributed by atoms with van der Waals surface area (Å²) in [4.78, 5) is 30.9. The van der Waals surface area contributed by atoms with Crippen molar-refractivity contribution in [3.8, 4) is 17.6 Å². The second-order valence-electron chi connectivity index (χ2n) is 17.6. The molecule has 9 nitrogen and oxygen atoms in total. The number of rotatable bonds is 13. The Balaban J connectivity index is 0.000000199. The second kappa shape index (κ2) is 24.1. The molecule has 0 spiro atoms. The molecule has 0 unspecified atom stereocenters. The number of halogens is 1. The van der Waals surface area contributed by atoms with Crippen LogP contribution in [0.1, 0.15) is 110 Å². The fourth-order valence-electron chi connectivity index (χ4n) is 9.41. The van der Waals surface area contributed by atoms with Crippen molar-refractivity contribution >= 4 is 29.4 Å². The molecule has 1 atom stereocenters. The molecule has 4 amide bonds. The number of benzene rings is 6. The third kappa shape index (κ3) is 13.7. The van der Waals surface area contributed by atoms with Crippen molar-refractivity contribution in [2.75, 3.05) is 19.5 Å². The van der Waals surface area contributed by atoms with Crippen molar-refractivity contribution in [2.45, 2.75) is 101 Å². The van der Waals surface area contributed by atoms with E-state index < -0.39 is 0 Å². The third-order valence-corrected chi connectivity index (χ3v) is 13.6. The van der Waals surface area contributed by atoms with Crippen molar-refractivity contribution in [1.29, 1.82) is 5.26 Å². The number of nitrogens with one attached hydrogen (secondary N) is 2. The van der Waals surface area contributed by atoms with Crippen LogP contribution in [0.3, 0.4) is 0 Å². The average Bonchev–Trinajstić information content (AvgIpc) is 3.38. The van der Waals surface area contributed by atoms with Gasteiger partial charge in [0.1, 0.15) is 11.5 Å². The van der Waals surface area contributed by atoms with Crippen LogP contribution in [0, 0.1) is 11.3 Å². The second-order valence-corrected chi connectivity index (χ2v) is 18.1. The first-order valence-corrected chi connectivity index (χ1v) is 23.8. The molecule has 346 valence electrons. The van der Waals surface area contributed by atoms with E-state index in [-0.39, 0.29) is 30.2 Å². The summed E-state index contributed by atoms with van der Waals surface area (Å²) in [5, 5.41) is 16.0. The van der Waals surface area contributed by atoms with E-state index in [1.807, 2.05) is 89.5 Å². The number of hydrogen-bond acceptors (Lipinski definition) is 5. The van der Waals surface area contributed by atoms with Crippen LogP contribution in [0.4, 0.5) is 15.3 Å². The van der Waals surface area contributed by atoms with Crippen LogP contribution >= 0.6 is 11.6 Å². The van der Waals surface area contributed by atoms with Crippen molar-refractivity contribution in [2.24, 2.45) is 0 Å². The molecule has 0 saturated heterocycles. The van der Waals surface area contributed by atoms with Crippen molar-refractivity contribution in [3.63, 3.8) is 0 Å². The predicted molar refractivity (Wildman–Crippen MR) is 269 cm³/mol. The number of urea groups is 2. The Hall–Kier alpha value is -6.76. The molecule has 0 bridgehead atoms. The molecule has 10 heteroatoms. The van der Waals surface area contributed by atoms with E-state index in [0.717, 1.165) is 79.6 Å². The largest absolute Gasteiger partial charge is 0.497 e. The lowest BCUT2D eigenvalue weighted by atomic mass is 9.81. The summed E-state index contributed by atoms with van der Waals surface area (Å²) < 4.78 is 10.6. The normalized spacial score (nSPS) is 18.1. The Morgan fingerprint density at radius 1 is 0.597 bits per heavy atom. The molecule has 0 radical (unpaired) electrons. The van der Waals surface area contributed by atoms with Crippen molar-refractivity contribution < 1.29 is 19.1 Å². The van der Waals surface area contributed by atoms with Gasteiger partial charge in [-0.2, -0.15) is 5.26 Å². The molecule has 2 aliphatic rings. The first kappa shape index (κ1) is 48.2. The van der Waals surface area contributed by atoms with Gasteiger partial charge in [-0.05, 0) is 159 Å². The molecule has 6 aromatic rings. The first-order valence-electron chi connectivity index (χ1n) is 23.5. The number of nitriles is 1. The van der Waals surface area contributed by atoms with Gasteiger partial charge in [-0.25, -0.2) is 9.59 Å². The summed E-state index contributed by atoms with van der Waals surface area (Å²) >= 11 is 6.04. The Morgan fingerprint density at radius 2 is 1.03 bits per heavy atom. The monoisotopic (exact) mass is 915 g/mol. The van der Waals surface area contributed by atoms with Gasteiger partial charge in [-0.15, -0.1) is 0 Å². The minimum absolute atomic E-state index is 0.0265. The maximum absolute atomic E-state index is 13.5. The van der Waals surface area contributed by atoms with Gasteiger partial charge in [0.2, 0.25) is 0 Å². The highest BCUT2D eigenvalue weighted by Gasteiger charge is 2.32. The summed E-state index contributed by atoms with van der Waals surface area (Å²) in [5.74, 6) is 2.73. The fourth-order valence-corrected chi connectivity index (χ4v) is 9.53. The third-order valence-electron chi connectivity index (χ3n) is 13.3. The maximum atomic E-state index is 13.5. The number of carbonyl (C=O) groups excluding carboxylic acids is 2. The van der Waals surface area contributed by atoms with Crippen molar-refractivity contribution in [3.05, 3.63) is 196 Å². The van der Waals surface area contributed by atoms with Gasteiger partial charge in [-0.3, -0.25) is 0 Å². The Kier molecular flexibility index (Phi) is 17.4. The fraction of sp³-hybridized carbons (Fsp3) is 0.316. The molecule has 2 N–H and O–H groups in total. The van der Waals surface area contributed by atoms with E-state index in [0.29, 0.717) is 41.2 Å². The topological polar surface area (TPSA) is 107 Å². The van der Waals surface area contributed by atoms with Gasteiger partial charge in [0.25, 0.3) is 0 Å². The van der Waals surface area contributed by atoms with E-state index in [4.69, 9.17) is 26.3 Å². The number of anilines is 1. The van der Waals surface area contributed by atoms with Crippen LogP contribution in [0.15, 0.2) is 158 Å². The number of carbonyl (C=O) groups is 2. The quantitative estimate of drug-likeness (QED) is 0.120. The lowest BCUT2D eigenvalue weighted by molar-refractivity contribution is 0.144. The van der Waals surface area contributed by atoms with Crippen LogP contribution < -0.4 is 20.1 Å². The Bertz CT molecular complexity index is 2480. The molecule has 6 aromatic carbocycles. The minimum atomic E-state index is -0.112. The molecule has 2 fully saturated rings. The highest BCUT2D eigenvalue weighted by Crippen LogP contribution is 2.37. The average molecular weight is 917 g/mol. The molecule has 67 heavy (non-hydrogen) atoms. The van der Waals surface area contributed by atoms with Gasteiger partial charge in [0, 0.05) is 35.9 Å². The van der Waals surface area contributed by atoms with Crippen LogP contribution in [-0.4, -0.2) is 48.2 Å². The highest BCUT2D eigenvalue weighted by atomic mass is 35.5. The maximum Gasteiger partial charge on any atom is 0.322 e. The van der Waals surface area contributed by atoms with Gasteiger partial charge < -0.3 is 29.9 Å². The number of ether oxygens (including phenoxy) is 2. The molecule has 0 aliphatic heterocycles. The number of hydrogen-bond donors (Lipinski definition) is 2. The molecule has 8 rings (SSSR count). The minimum Gasteiger partial charge on any atom is -0.497 e. The van der Waals surface area contributed by atoms with Crippen LogP contribution in [0.25, 0.3) is 0 Å². The number of amides is 4. The zero-order valence-electron chi connectivity index (χ0n) is 38.8. The summed E-state index contributed by atoms with van der Waals surface area (Å²) in [5.41, 5.74) is 7.26. The van der Waals surface area contributed by atoms with Crippen LogP contribution in [0.2, 0.25) is 5.02 Å². The summed E-state index contributed by atoms with van der Waals surface area (Å²) in [6.07, 6.45) is 8.25. The molecule has 2 saturated carbocycles. The molecule has 0 aromatic heterocycles. The Labute approximate surface area is 401 Å². The standard InChI is InChI=1S/C29H33ClN2O2.C28H29N3O2/c1-21(23-10-14-26(30)15-11-23)31-29(33)32(20-22-8-18-28(34-2)19-9-22)27-16-12-25(13-17-27)24-6-4-3-5-7-24;1-33-27-17-9-22(10-18-27)20-31(28(32)30-25-13-7-21(19-29)8-14-25)26-15-11-24(12-16-26)23-5-3-2-4-6-23/h3-11,14-15,18-19,21,25,27H,12-13,16-17,20H2,1-2H3,(H,31,33);2-10,13-14,17-18,24,26H,11-12,15-16,20H2,1H3,(H,30,32)/t21-,25?,27?;/m0./s1. The number of nitrogens with zero attached hydrogens (tertiary/aromatic N) is 3. The van der Waals surface area contributed by atoms with E-state index in [2.05, 4.69) is 77.4 Å². The Morgan fingerprint density at radius 3 is 1.45 bits per heavy atom. The van der Waals surface area contributed by atoms with E-state index in [9.17, 15) is 9.59 Å². The van der Waals surface area contributed by atoms with E-state index in [1.165, 1.54) is 11.1 Å². The molecule has 0 heterocycles. The van der Waals surface area contributed by atoms with Crippen LogP contribution in [-0.2, 0) is 13.1 Å². The summed E-state index contributed by atoms with van der Waals surface area (Å²) in [6, 6.07) is 54.1. The van der Waals surface area contributed by atoms with Crippen molar-refractivity contribution in [1.82, 2.24) is 15.1 Å². The molecular weight excluding hydrogens is 854 g/mol. The van der Waals surface area contributed by atoms with Gasteiger partial charge in [-0.1, -0.05) is 109 Å². The highest BCUT2D eigenvalue weighted by molar-refractivity contribution is 6.30. The SMILES string of the molecule is COc1ccc(CN(C(=O)N[C@@H](C)c2ccc(Cl)cc2)C2CCC(c3ccccc3)CC2)cc1.COc1ccc(CN(C(=O)Nc2ccc(C#N)cc2)C2CCC(c3ccccc3)CC2)cc1. The summed E-state index contributed by atoms with van der Waals surface area (Å²) in [7, 11) is 3.32. The lowest BCUT2D eigenvalue weighted by Crippen LogP contribution is -2.47. The zero-order chi connectivity index (χ0) is 47.0. The van der Waals surface area contributed by atoms with Gasteiger partial charge in [0.15, 0.2) is 0 Å². The first-order chi connectivity index (χ1) is 32.7.